The number of pyridine rings is 1. The second kappa shape index (κ2) is 11.2. The molecule has 0 saturated carbocycles. The van der Waals surface area contributed by atoms with Crippen molar-refractivity contribution in [3.63, 3.8) is 0 Å². The number of aromatic nitrogens is 1. The lowest BCUT2D eigenvalue weighted by molar-refractivity contribution is 0.122. The van der Waals surface area contributed by atoms with Gasteiger partial charge in [0.15, 0.2) is 5.82 Å². The van der Waals surface area contributed by atoms with Gasteiger partial charge >= 0.3 is 0 Å². The van der Waals surface area contributed by atoms with Gasteiger partial charge in [0.05, 0.1) is 26.4 Å². The quantitative estimate of drug-likeness (QED) is 0.371. The molecule has 1 aromatic heterocycles. The fourth-order valence-electron chi connectivity index (χ4n) is 3.07. The minimum absolute atomic E-state index is 0.525. The van der Waals surface area contributed by atoms with Crippen LogP contribution < -0.4 is 9.64 Å². The number of ether oxygens (including phenoxy) is 2. The Bertz CT molecular complexity index is 880. The van der Waals surface area contributed by atoms with Crippen molar-refractivity contribution in [3.8, 4) is 17.7 Å². The van der Waals surface area contributed by atoms with Crippen molar-refractivity contribution in [2.24, 2.45) is 10.2 Å². The predicted octanol–water partition coefficient (Wildman–Crippen LogP) is 4.69. The molecule has 0 aliphatic carbocycles. The molecule has 0 N–H and O–H groups in total. The molecule has 0 spiro atoms. The van der Waals surface area contributed by atoms with Crippen LogP contribution in [-0.4, -0.2) is 37.9 Å². The van der Waals surface area contributed by atoms with Crippen LogP contribution in [0.2, 0.25) is 0 Å². The highest BCUT2D eigenvalue weighted by Crippen LogP contribution is 2.26. The van der Waals surface area contributed by atoms with Gasteiger partial charge in [-0.15, -0.1) is 17.0 Å². The number of azo groups is 1. The van der Waals surface area contributed by atoms with E-state index in [1.807, 2.05) is 25.1 Å². The highest BCUT2D eigenvalue weighted by molar-refractivity contribution is 5.55. The third-order valence-corrected chi connectivity index (χ3v) is 4.53. The van der Waals surface area contributed by atoms with E-state index in [1.165, 1.54) is 5.56 Å². The summed E-state index contributed by atoms with van der Waals surface area (Å²) < 4.78 is 11.3. The second-order valence-corrected chi connectivity index (χ2v) is 6.89. The van der Waals surface area contributed by atoms with Gasteiger partial charge in [0.1, 0.15) is 0 Å². The van der Waals surface area contributed by atoms with Crippen LogP contribution in [0.5, 0.6) is 5.88 Å². The molecule has 29 heavy (non-hydrogen) atoms. The monoisotopic (exact) mass is 392 g/mol. The van der Waals surface area contributed by atoms with Crippen LogP contribution in [-0.2, 0) is 11.3 Å². The summed E-state index contributed by atoms with van der Waals surface area (Å²) in [4.78, 5) is 6.78. The Balaban J connectivity index is 1.71. The van der Waals surface area contributed by atoms with E-state index in [-0.39, 0.29) is 0 Å². The molecule has 0 unspecified atom stereocenters. The van der Waals surface area contributed by atoms with Crippen LogP contribution in [0.25, 0.3) is 0 Å². The molecular formula is C23H28N4O2. The number of benzene rings is 1. The maximum absolute atomic E-state index is 5.87. The van der Waals surface area contributed by atoms with Crippen LogP contribution in [0.1, 0.15) is 30.9 Å². The molecule has 152 valence electrons. The maximum Gasteiger partial charge on any atom is 0.217 e. The molecular weight excluding hydrogens is 364 g/mol. The molecule has 1 aliphatic heterocycles. The zero-order valence-electron chi connectivity index (χ0n) is 17.2. The van der Waals surface area contributed by atoms with Crippen LogP contribution in [0.15, 0.2) is 46.6 Å². The lowest BCUT2D eigenvalue weighted by Crippen LogP contribution is -2.36. The summed E-state index contributed by atoms with van der Waals surface area (Å²) >= 11 is 0. The van der Waals surface area contributed by atoms with Gasteiger partial charge in [-0.25, -0.2) is 0 Å². The molecule has 3 rings (SSSR count). The average molecular weight is 393 g/mol. The largest absolute Gasteiger partial charge is 0.478 e. The van der Waals surface area contributed by atoms with Gasteiger partial charge < -0.3 is 14.4 Å². The maximum atomic E-state index is 5.87. The van der Waals surface area contributed by atoms with Crippen molar-refractivity contribution in [1.82, 2.24) is 4.98 Å². The molecule has 1 aliphatic rings. The number of hydrogen-bond donors (Lipinski definition) is 0. The number of aryl methyl sites for hydroxylation is 1. The summed E-state index contributed by atoms with van der Waals surface area (Å²) in [6.07, 6.45) is 1.69. The minimum Gasteiger partial charge on any atom is -0.478 e. The molecule has 1 fully saturated rings. The molecule has 1 saturated heterocycles. The summed E-state index contributed by atoms with van der Waals surface area (Å²) in [6, 6.07) is 12.2. The summed E-state index contributed by atoms with van der Waals surface area (Å²) in [5.41, 5.74) is 3.39. The van der Waals surface area contributed by atoms with Crippen molar-refractivity contribution in [1.29, 1.82) is 0 Å². The van der Waals surface area contributed by atoms with Crippen molar-refractivity contribution in [2.75, 3.05) is 37.8 Å². The predicted molar refractivity (Wildman–Crippen MR) is 115 cm³/mol. The lowest BCUT2D eigenvalue weighted by Gasteiger charge is -2.29. The van der Waals surface area contributed by atoms with Gasteiger partial charge in [-0.2, -0.15) is 10.1 Å². The Morgan fingerprint density at radius 2 is 2.07 bits per heavy atom. The first-order valence-corrected chi connectivity index (χ1v) is 10.0. The average Bonchev–Trinajstić information content (AvgIpc) is 2.74. The van der Waals surface area contributed by atoms with Crippen molar-refractivity contribution in [2.45, 2.75) is 33.2 Å². The normalized spacial score (nSPS) is 13.9. The number of hydrogen-bond acceptors (Lipinski definition) is 6. The number of rotatable bonds is 8. The standard InChI is InChI=1S/C23H28N4O2/c1-3-4-5-6-12-29-23-17-21(27-10-13-28-14-11-27)16-22(25-23)26-24-18-20-9-7-8-19(2)15-20/h7-9,15-17H,5-6,10-14,18H2,1-2H3. The Labute approximate surface area is 173 Å². The first-order valence-electron chi connectivity index (χ1n) is 10.0. The van der Waals surface area contributed by atoms with Crippen LogP contribution in [0.4, 0.5) is 11.5 Å². The highest BCUT2D eigenvalue weighted by atomic mass is 16.5. The SMILES string of the molecule is CC#CCCCOc1cc(N2CCOCC2)cc(N=NCc2cccc(C)c2)n1. The summed E-state index contributed by atoms with van der Waals surface area (Å²) in [7, 11) is 0. The smallest absolute Gasteiger partial charge is 0.217 e. The number of unbranched alkanes of at least 4 members (excludes halogenated alkanes) is 1. The van der Waals surface area contributed by atoms with Gasteiger partial charge in [-0.05, 0) is 25.8 Å². The van der Waals surface area contributed by atoms with Crippen molar-refractivity contribution in [3.05, 3.63) is 47.5 Å². The van der Waals surface area contributed by atoms with Crippen molar-refractivity contribution >= 4 is 11.5 Å². The van der Waals surface area contributed by atoms with Gasteiger partial charge in [0.2, 0.25) is 5.88 Å². The van der Waals surface area contributed by atoms with E-state index < -0.39 is 0 Å². The van der Waals surface area contributed by atoms with E-state index >= 15 is 0 Å². The molecule has 0 radical (unpaired) electrons. The molecule has 0 amide bonds. The third-order valence-electron chi connectivity index (χ3n) is 4.53. The minimum atomic E-state index is 0.525. The van der Waals surface area contributed by atoms with E-state index in [0.717, 1.165) is 50.4 Å². The zero-order valence-corrected chi connectivity index (χ0v) is 17.2. The molecule has 0 bridgehead atoms. The summed E-state index contributed by atoms with van der Waals surface area (Å²) in [6.45, 7) is 8.15. The molecule has 0 atom stereocenters. The first-order chi connectivity index (χ1) is 14.2. The van der Waals surface area contributed by atoms with E-state index in [1.54, 1.807) is 0 Å². The summed E-state index contributed by atoms with van der Waals surface area (Å²) in [5.74, 6) is 7.08. The fraction of sp³-hybridized carbons (Fsp3) is 0.435. The Hall–Kier alpha value is -2.91. The third kappa shape index (κ3) is 6.88. The Morgan fingerprint density at radius 3 is 2.86 bits per heavy atom. The van der Waals surface area contributed by atoms with E-state index in [0.29, 0.717) is 24.8 Å². The molecule has 6 nitrogen and oxygen atoms in total. The van der Waals surface area contributed by atoms with Gasteiger partial charge in [0, 0.05) is 37.3 Å². The number of nitrogens with zero attached hydrogens (tertiary/aromatic N) is 4. The number of anilines is 1. The molecule has 6 heteroatoms. The van der Waals surface area contributed by atoms with Crippen LogP contribution >= 0.6 is 0 Å². The van der Waals surface area contributed by atoms with E-state index in [2.05, 4.69) is 57.1 Å². The van der Waals surface area contributed by atoms with Gasteiger partial charge in [-0.3, -0.25) is 0 Å². The fourth-order valence-corrected chi connectivity index (χ4v) is 3.07. The summed E-state index contributed by atoms with van der Waals surface area (Å²) in [5, 5.41) is 8.71. The van der Waals surface area contributed by atoms with Gasteiger partial charge in [0.25, 0.3) is 0 Å². The second-order valence-electron chi connectivity index (χ2n) is 6.89. The lowest BCUT2D eigenvalue weighted by atomic mass is 10.1. The van der Waals surface area contributed by atoms with Crippen LogP contribution in [0, 0.1) is 18.8 Å². The topological polar surface area (TPSA) is 59.3 Å². The molecule has 2 aromatic rings. The van der Waals surface area contributed by atoms with Crippen LogP contribution in [0.3, 0.4) is 0 Å². The molecule has 2 heterocycles. The Morgan fingerprint density at radius 1 is 1.21 bits per heavy atom. The van der Waals surface area contributed by atoms with E-state index in [4.69, 9.17) is 9.47 Å². The zero-order chi connectivity index (χ0) is 20.3. The van der Waals surface area contributed by atoms with Crippen molar-refractivity contribution < 1.29 is 9.47 Å². The Kier molecular flexibility index (Phi) is 8.02. The molecule has 1 aromatic carbocycles. The number of morpholine rings is 1. The van der Waals surface area contributed by atoms with Gasteiger partial charge in [-0.1, -0.05) is 29.8 Å². The highest BCUT2D eigenvalue weighted by Gasteiger charge is 2.14. The van der Waals surface area contributed by atoms with E-state index in [9.17, 15) is 0 Å². The first kappa shape index (κ1) is 20.8.